The van der Waals surface area contributed by atoms with Gasteiger partial charge >= 0.3 is 5.97 Å². The van der Waals surface area contributed by atoms with Crippen LogP contribution in [0.2, 0.25) is 0 Å². The highest BCUT2D eigenvalue weighted by molar-refractivity contribution is 5.80. The number of benzene rings is 1. The second-order valence-corrected chi connectivity index (χ2v) is 6.39. The number of esters is 1. The predicted octanol–water partition coefficient (Wildman–Crippen LogP) is 2.57. The Hall–Kier alpha value is -2.08. The highest BCUT2D eigenvalue weighted by Gasteiger charge is 2.27. The second kappa shape index (κ2) is 10.8. The Labute approximate surface area is 156 Å². The smallest absolute Gasteiger partial charge is 0.309 e. The van der Waals surface area contributed by atoms with Gasteiger partial charge in [-0.2, -0.15) is 0 Å². The molecular formula is C20H31N3O3. The van der Waals surface area contributed by atoms with Crippen molar-refractivity contribution in [2.75, 3.05) is 33.4 Å². The number of carbonyl (C=O) groups is 1. The van der Waals surface area contributed by atoms with E-state index in [9.17, 15) is 4.79 Å². The standard InChI is InChI=1S/C20H31N3O3/c1-4-21-20(22-14-17-8-6-7-9-18(17)15-25-3)23-12-10-16(11-13-23)19(24)26-5-2/h6-9,16H,4-5,10-15H2,1-3H3,(H,21,22). The molecule has 0 bridgehead atoms. The lowest BCUT2D eigenvalue weighted by Crippen LogP contribution is -2.46. The molecule has 0 unspecified atom stereocenters. The molecule has 1 aromatic carbocycles. The quantitative estimate of drug-likeness (QED) is 0.459. The number of methoxy groups -OCH3 is 1. The first kappa shape index (κ1) is 20.2. The van der Waals surface area contributed by atoms with E-state index in [0.29, 0.717) is 19.8 Å². The summed E-state index contributed by atoms with van der Waals surface area (Å²) in [5, 5.41) is 3.37. The molecule has 6 nitrogen and oxygen atoms in total. The fraction of sp³-hybridized carbons (Fsp3) is 0.600. The van der Waals surface area contributed by atoms with Crippen molar-refractivity contribution < 1.29 is 14.3 Å². The van der Waals surface area contributed by atoms with Crippen LogP contribution in [-0.4, -0.2) is 50.2 Å². The summed E-state index contributed by atoms with van der Waals surface area (Å²) in [6.07, 6.45) is 1.62. The molecule has 26 heavy (non-hydrogen) atoms. The predicted molar refractivity (Wildman–Crippen MR) is 103 cm³/mol. The minimum atomic E-state index is -0.0671. The summed E-state index contributed by atoms with van der Waals surface area (Å²) in [4.78, 5) is 19.0. The average molecular weight is 361 g/mol. The SMILES string of the molecule is CCNC(=NCc1ccccc1COC)N1CCC(C(=O)OCC)CC1. The van der Waals surface area contributed by atoms with Crippen LogP contribution in [0, 0.1) is 5.92 Å². The highest BCUT2D eigenvalue weighted by Crippen LogP contribution is 2.19. The molecule has 0 amide bonds. The van der Waals surface area contributed by atoms with Crippen molar-refractivity contribution in [3.63, 3.8) is 0 Å². The van der Waals surface area contributed by atoms with Crippen LogP contribution in [-0.2, 0) is 27.4 Å². The zero-order valence-corrected chi connectivity index (χ0v) is 16.2. The molecule has 6 heteroatoms. The van der Waals surface area contributed by atoms with E-state index in [4.69, 9.17) is 14.5 Å². The molecule has 1 aliphatic heterocycles. The minimum Gasteiger partial charge on any atom is -0.466 e. The summed E-state index contributed by atoms with van der Waals surface area (Å²) >= 11 is 0. The lowest BCUT2D eigenvalue weighted by Gasteiger charge is -2.33. The second-order valence-electron chi connectivity index (χ2n) is 6.39. The largest absolute Gasteiger partial charge is 0.466 e. The van der Waals surface area contributed by atoms with Gasteiger partial charge in [-0.3, -0.25) is 4.79 Å². The molecule has 1 saturated heterocycles. The van der Waals surface area contributed by atoms with Gasteiger partial charge in [-0.25, -0.2) is 4.99 Å². The molecule has 0 radical (unpaired) electrons. The van der Waals surface area contributed by atoms with Crippen molar-refractivity contribution in [2.45, 2.75) is 39.8 Å². The number of nitrogens with one attached hydrogen (secondary N) is 1. The molecule has 144 valence electrons. The third-order valence-electron chi connectivity index (χ3n) is 4.57. The Morgan fingerprint density at radius 2 is 1.92 bits per heavy atom. The Morgan fingerprint density at radius 3 is 2.54 bits per heavy atom. The van der Waals surface area contributed by atoms with E-state index in [2.05, 4.69) is 29.3 Å². The van der Waals surface area contributed by atoms with Gasteiger partial charge in [0.15, 0.2) is 5.96 Å². The van der Waals surface area contributed by atoms with Crippen LogP contribution in [0.5, 0.6) is 0 Å². The van der Waals surface area contributed by atoms with Gasteiger partial charge in [0.25, 0.3) is 0 Å². The fourth-order valence-corrected chi connectivity index (χ4v) is 3.18. The number of nitrogens with zero attached hydrogens (tertiary/aromatic N) is 2. The first-order chi connectivity index (χ1) is 12.7. The van der Waals surface area contributed by atoms with E-state index in [0.717, 1.165) is 44.0 Å². The number of hydrogen-bond donors (Lipinski definition) is 1. The van der Waals surface area contributed by atoms with E-state index in [1.54, 1.807) is 7.11 Å². The Morgan fingerprint density at radius 1 is 1.23 bits per heavy atom. The van der Waals surface area contributed by atoms with Crippen molar-refractivity contribution in [2.24, 2.45) is 10.9 Å². The Bertz CT molecular complexity index is 596. The molecule has 0 atom stereocenters. The van der Waals surface area contributed by atoms with Gasteiger partial charge in [-0.1, -0.05) is 24.3 Å². The lowest BCUT2D eigenvalue weighted by molar-refractivity contribution is -0.149. The Kier molecular flexibility index (Phi) is 8.41. The number of rotatable bonds is 7. The number of guanidine groups is 1. The lowest BCUT2D eigenvalue weighted by atomic mass is 9.97. The molecule has 1 N–H and O–H groups in total. The van der Waals surface area contributed by atoms with Crippen molar-refractivity contribution >= 4 is 11.9 Å². The molecule has 0 spiro atoms. The van der Waals surface area contributed by atoms with E-state index >= 15 is 0 Å². The maximum absolute atomic E-state index is 11.9. The van der Waals surface area contributed by atoms with Crippen molar-refractivity contribution in [3.8, 4) is 0 Å². The molecule has 1 aromatic rings. The molecule has 0 saturated carbocycles. The third kappa shape index (κ3) is 5.73. The van der Waals surface area contributed by atoms with E-state index in [1.807, 2.05) is 19.1 Å². The van der Waals surface area contributed by atoms with Gasteiger partial charge in [0, 0.05) is 26.7 Å². The number of hydrogen-bond acceptors (Lipinski definition) is 4. The maximum Gasteiger partial charge on any atom is 0.309 e. The van der Waals surface area contributed by atoms with Gasteiger partial charge in [-0.05, 0) is 37.8 Å². The monoisotopic (exact) mass is 361 g/mol. The van der Waals surface area contributed by atoms with Crippen molar-refractivity contribution in [3.05, 3.63) is 35.4 Å². The minimum absolute atomic E-state index is 0.0107. The van der Waals surface area contributed by atoms with Crippen LogP contribution >= 0.6 is 0 Å². The first-order valence-corrected chi connectivity index (χ1v) is 9.45. The molecule has 0 aromatic heterocycles. The van der Waals surface area contributed by atoms with Crippen LogP contribution in [0.4, 0.5) is 0 Å². The van der Waals surface area contributed by atoms with Gasteiger partial charge in [-0.15, -0.1) is 0 Å². The normalized spacial score (nSPS) is 15.8. The van der Waals surface area contributed by atoms with Crippen LogP contribution in [0.1, 0.15) is 37.8 Å². The van der Waals surface area contributed by atoms with Crippen LogP contribution in [0.15, 0.2) is 29.3 Å². The van der Waals surface area contributed by atoms with Gasteiger partial charge in [0.2, 0.25) is 0 Å². The average Bonchev–Trinajstić information content (AvgIpc) is 2.67. The molecular weight excluding hydrogens is 330 g/mol. The van der Waals surface area contributed by atoms with Gasteiger partial charge < -0.3 is 19.7 Å². The zero-order valence-electron chi connectivity index (χ0n) is 16.2. The number of likely N-dealkylation sites (tertiary alicyclic amines) is 1. The van der Waals surface area contributed by atoms with E-state index in [-0.39, 0.29) is 11.9 Å². The summed E-state index contributed by atoms with van der Waals surface area (Å²) in [5.74, 6) is 0.848. The summed E-state index contributed by atoms with van der Waals surface area (Å²) in [6.45, 7) is 8.02. The van der Waals surface area contributed by atoms with Crippen molar-refractivity contribution in [1.29, 1.82) is 0 Å². The summed E-state index contributed by atoms with van der Waals surface area (Å²) in [7, 11) is 1.71. The van der Waals surface area contributed by atoms with Gasteiger partial charge in [0.05, 0.1) is 25.7 Å². The summed E-state index contributed by atoms with van der Waals surface area (Å²) < 4.78 is 10.4. The Balaban J connectivity index is 2.00. The number of piperidine rings is 1. The third-order valence-corrected chi connectivity index (χ3v) is 4.57. The van der Waals surface area contributed by atoms with Gasteiger partial charge in [0.1, 0.15) is 0 Å². The van der Waals surface area contributed by atoms with Crippen LogP contribution in [0.3, 0.4) is 0 Å². The summed E-state index contributed by atoms with van der Waals surface area (Å²) in [6, 6.07) is 8.22. The summed E-state index contributed by atoms with van der Waals surface area (Å²) in [5.41, 5.74) is 2.33. The first-order valence-electron chi connectivity index (χ1n) is 9.45. The van der Waals surface area contributed by atoms with E-state index in [1.165, 1.54) is 5.56 Å². The zero-order chi connectivity index (χ0) is 18.8. The van der Waals surface area contributed by atoms with Crippen molar-refractivity contribution in [1.82, 2.24) is 10.2 Å². The topological polar surface area (TPSA) is 63.2 Å². The molecule has 1 fully saturated rings. The van der Waals surface area contributed by atoms with Crippen LogP contribution in [0.25, 0.3) is 0 Å². The molecule has 1 aliphatic rings. The number of aliphatic imine (C=N–C) groups is 1. The molecule has 1 heterocycles. The molecule has 0 aliphatic carbocycles. The van der Waals surface area contributed by atoms with E-state index < -0.39 is 0 Å². The molecule has 2 rings (SSSR count). The van der Waals surface area contributed by atoms with Crippen LogP contribution < -0.4 is 5.32 Å². The maximum atomic E-state index is 11.9. The fourth-order valence-electron chi connectivity index (χ4n) is 3.18. The number of carbonyl (C=O) groups excluding carboxylic acids is 1. The highest BCUT2D eigenvalue weighted by atomic mass is 16.5. The number of ether oxygens (including phenoxy) is 2.